The van der Waals surface area contributed by atoms with Crippen LogP contribution in [-0.2, 0) is 15.3 Å². The lowest BCUT2D eigenvalue weighted by Gasteiger charge is -2.19. The van der Waals surface area contributed by atoms with Crippen molar-refractivity contribution in [3.05, 3.63) is 104 Å². The Morgan fingerprint density at radius 3 is 2.33 bits per heavy atom. The van der Waals surface area contributed by atoms with Gasteiger partial charge in [-0.15, -0.1) is 0 Å². The molecule has 2 aromatic carbocycles. The van der Waals surface area contributed by atoms with E-state index >= 15 is 0 Å². The van der Waals surface area contributed by atoms with Crippen molar-refractivity contribution in [2.45, 2.75) is 31.1 Å². The van der Waals surface area contributed by atoms with Crippen molar-refractivity contribution in [2.24, 2.45) is 0 Å². The van der Waals surface area contributed by atoms with Crippen LogP contribution in [0.25, 0.3) is 11.7 Å². The Hall–Kier alpha value is -3.74. The summed E-state index contributed by atoms with van der Waals surface area (Å²) in [5.41, 5.74) is 0.621. The van der Waals surface area contributed by atoms with Crippen LogP contribution in [0.4, 0.5) is 0 Å². The predicted octanol–water partition coefficient (Wildman–Crippen LogP) is 5.89. The highest BCUT2D eigenvalue weighted by Gasteiger charge is 2.24. The number of nitriles is 1. The van der Waals surface area contributed by atoms with Crippen molar-refractivity contribution >= 4 is 37.5 Å². The van der Waals surface area contributed by atoms with Gasteiger partial charge in [-0.05, 0) is 65.6 Å². The van der Waals surface area contributed by atoms with E-state index in [2.05, 4.69) is 41.7 Å². The zero-order chi connectivity index (χ0) is 26.1. The average Bonchev–Trinajstić information content (AvgIpc) is 2.84. The number of ether oxygens (including phenoxy) is 1. The molecule has 0 bridgehead atoms. The number of halogens is 1. The van der Waals surface area contributed by atoms with Crippen LogP contribution in [0, 0.1) is 11.3 Å². The molecule has 2 heterocycles. The number of benzene rings is 2. The van der Waals surface area contributed by atoms with Gasteiger partial charge >= 0.3 is 0 Å². The van der Waals surface area contributed by atoms with Gasteiger partial charge in [0.1, 0.15) is 27.9 Å². The molecule has 2 aromatic heterocycles. The van der Waals surface area contributed by atoms with Gasteiger partial charge in [-0.1, -0.05) is 54.9 Å². The van der Waals surface area contributed by atoms with Gasteiger partial charge in [-0.3, -0.25) is 9.20 Å². The number of fused-ring (bicyclic) bond motifs is 1. The summed E-state index contributed by atoms with van der Waals surface area (Å²) in [6.45, 7) is 6.27. The standard InChI is InChI=1S/C27H22BrN3O4S/c1-27(2,3)18-7-11-20(12-8-18)35-25-23(26(32)31-15-5-4-6-24(31)30-25)16-22(17-29)36(33,34)21-13-9-19(28)10-14-21/h4-16H,1-3H3/b22-16+. The minimum atomic E-state index is -4.20. The summed E-state index contributed by atoms with van der Waals surface area (Å²) >= 11 is 3.27. The normalized spacial score (nSPS) is 12.4. The number of nitrogens with zero attached hydrogens (tertiary/aromatic N) is 3. The first kappa shape index (κ1) is 25.4. The minimum absolute atomic E-state index is 0.0600. The van der Waals surface area contributed by atoms with Crippen LogP contribution in [0.3, 0.4) is 0 Å². The van der Waals surface area contributed by atoms with E-state index in [0.717, 1.165) is 11.6 Å². The fraction of sp³-hybridized carbons (Fsp3) is 0.148. The first-order valence-corrected chi connectivity index (χ1v) is 13.2. The summed E-state index contributed by atoms with van der Waals surface area (Å²) in [4.78, 5) is 17.1. The van der Waals surface area contributed by atoms with Crippen LogP contribution in [0.2, 0.25) is 0 Å². The lowest BCUT2D eigenvalue weighted by atomic mass is 9.87. The summed E-state index contributed by atoms with van der Waals surface area (Å²) in [7, 11) is -4.20. The molecule has 0 spiro atoms. The van der Waals surface area contributed by atoms with Crippen molar-refractivity contribution < 1.29 is 13.2 Å². The SMILES string of the molecule is CC(C)(C)c1ccc(Oc2nc3ccccn3c(=O)c2/C=C(\C#N)S(=O)(=O)c2ccc(Br)cc2)cc1. The lowest BCUT2D eigenvalue weighted by Crippen LogP contribution is -2.19. The Labute approximate surface area is 217 Å². The van der Waals surface area contributed by atoms with Crippen LogP contribution in [-0.4, -0.2) is 17.8 Å². The maximum atomic E-state index is 13.4. The molecule has 0 saturated heterocycles. The second kappa shape index (κ2) is 9.72. The first-order valence-electron chi connectivity index (χ1n) is 10.9. The predicted molar refractivity (Wildman–Crippen MR) is 142 cm³/mol. The minimum Gasteiger partial charge on any atom is -0.438 e. The molecule has 9 heteroatoms. The molecule has 7 nitrogen and oxygen atoms in total. The Kier molecular flexibility index (Phi) is 6.85. The third-order valence-corrected chi connectivity index (χ3v) is 7.68. The van der Waals surface area contributed by atoms with Gasteiger partial charge in [0.05, 0.1) is 4.90 Å². The fourth-order valence-electron chi connectivity index (χ4n) is 3.46. The van der Waals surface area contributed by atoms with Gasteiger partial charge in [-0.25, -0.2) is 8.42 Å². The van der Waals surface area contributed by atoms with Crippen LogP contribution >= 0.6 is 15.9 Å². The fourth-order valence-corrected chi connectivity index (χ4v) is 4.87. The second-order valence-corrected chi connectivity index (χ2v) is 11.9. The summed E-state index contributed by atoms with van der Waals surface area (Å²) in [6, 6.07) is 19.9. The van der Waals surface area contributed by atoms with E-state index < -0.39 is 20.3 Å². The molecule has 0 atom stereocenters. The second-order valence-electron chi connectivity index (χ2n) is 9.02. The van der Waals surface area contributed by atoms with Crippen molar-refractivity contribution in [1.29, 1.82) is 5.26 Å². The Balaban J connectivity index is 1.88. The van der Waals surface area contributed by atoms with E-state index in [4.69, 9.17) is 4.74 Å². The van der Waals surface area contributed by atoms with Crippen molar-refractivity contribution in [1.82, 2.24) is 9.38 Å². The largest absolute Gasteiger partial charge is 0.438 e. The van der Waals surface area contributed by atoms with Crippen molar-refractivity contribution in [3.63, 3.8) is 0 Å². The zero-order valence-electron chi connectivity index (χ0n) is 19.8. The summed E-state index contributed by atoms with van der Waals surface area (Å²) < 4.78 is 34.3. The number of rotatable bonds is 5. The van der Waals surface area contributed by atoms with Gasteiger partial charge in [0.25, 0.3) is 5.56 Å². The van der Waals surface area contributed by atoms with E-state index in [1.165, 1.54) is 22.7 Å². The number of hydrogen-bond acceptors (Lipinski definition) is 6. The van der Waals surface area contributed by atoms with Gasteiger partial charge < -0.3 is 4.74 Å². The average molecular weight is 564 g/mol. The van der Waals surface area contributed by atoms with Gasteiger partial charge in [0, 0.05) is 10.7 Å². The number of hydrogen-bond donors (Lipinski definition) is 0. The van der Waals surface area contributed by atoms with Gasteiger partial charge in [-0.2, -0.15) is 10.2 Å². The van der Waals surface area contributed by atoms with E-state index in [1.807, 2.05) is 12.1 Å². The summed E-state index contributed by atoms with van der Waals surface area (Å²) in [5.74, 6) is 0.313. The van der Waals surface area contributed by atoms with Crippen LogP contribution in [0.15, 0.2) is 92.0 Å². The van der Waals surface area contributed by atoms with Crippen LogP contribution < -0.4 is 10.3 Å². The van der Waals surface area contributed by atoms with Crippen LogP contribution in [0.5, 0.6) is 11.6 Å². The molecule has 4 rings (SSSR count). The maximum absolute atomic E-state index is 13.4. The molecule has 4 aromatic rings. The smallest absolute Gasteiger partial charge is 0.269 e. The van der Waals surface area contributed by atoms with E-state index in [0.29, 0.717) is 15.9 Å². The molecule has 0 unspecified atom stereocenters. The molecule has 182 valence electrons. The molecular weight excluding hydrogens is 542 g/mol. The quantitative estimate of drug-likeness (QED) is 0.281. The number of aromatic nitrogens is 2. The third-order valence-electron chi connectivity index (χ3n) is 5.47. The van der Waals surface area contributed by atoms with Gasteiger partial charge in [0.2, 0.25) is 15.7 Å². The Bertz CT molecular complexity index is 1680. The Morgan fingerprint density at radius 1 is 1.06 bits per heavy atom. The molecule has 0 fully saturated rings. The summed E-state index contributed by atoms with van der Waals surface area (Å²) in [6.07, 6.45) is 2.53. The number of pyridine rings is 1. The number of sulfone groups is 1. The molecule has 0 N–H and O–H groups in total. The highest BCUT2D eigenvalue weighted by molar-refractivity contribution is 9.10. The zero-order valence-corrected chi connectivity index (χ0v) is 22.2. The monoisotopic (exact) mass is 563 g/mol. The molecule has 0 aliphatic heterocycles. The third kappa shape index (κ3) is 5.10. The first-order chi connectivity index (χ1) is 17.0. The Morgan fingerprint density at radius 2 is 1.72 bits per heavy atom. The molecule has 36 heavy (non-hydrogen) atoms. The molecule has 0 saturated carbocycles. The van der Waals surface area contributed by atoms with E-state index in [-0.39, 0.29) is 21.8 Å². The molecule has 0 amide bonds. The topological polar surface area (TPSA) is 102 Å². The lowest BCUT2D eigenvalue weighted by molar-refractivity contribution is 0.460. The van der Waals surface area contributed by atoms with E-state index in [9.17, 15) is 18.5 Å². The maximum Gasteiger partial charge on any atom is 0.269 e. The van der Waals surface area contributed by atoms with Crippen molar-refractivity contribution in [2.75, 3.05) is 0 Å². The molecule has 0 aliphatic carbocycles. The van der Waals surface area contributed by atoms with E-state index in [1.54, 1.807) is 48.5 Å². The van der Waals surface area contributed by atoms with Crippen molar-refractivity contribution in [3.8, 4) is 17.7 Å². The number of allylic oxidation sites excluding steroid dienone is 1. The highest BCUT2D eigenvalue weighted by Crippen LogP contribution is 2.29. The van der Waals surface area contributed by atoms with Crippen LogP contribution in [0.1, 0.15) is 31.9 Å². The molecular formula is C27H22BrN3O4S. The molecule has 0 aliphatic rings. The summed E-state index contributed by atoms with van der Waals surface area (Å²) in [5, 5.41) is 9.75. The van der Waals surface area contributed by atoms with Gasteiger partial charge in [0.15, 0.2) is 0 Å². The highest BCUT2D eigenvalue weighted by atomic mass is 79.9. The molecule has 0 radical (unpaired) electrons.